The van der Waals surface area contributed by atoms with Crippen molar-refractivity contribution in [3.8, 4) is 16.8 Å². The number of aryl methyl sites for hydroxylation is 2. The van der Waals surface area contributed by atoms with Crippen molar-refractivity contribution in [2.24, 2.45) is 0 Å². The van der Waals surface area contributed by atoms with Crippen LogP contribution in [-0.2, 0) is 4.79 Å². The SMILES string of the molecule is Cc1ccc(Cl)cc1NC(=O)CSc1nc2sc(C)c(-c3ccccc3)c2c(=O)n1-c1ccccc1. The first kappa shape index (κ1) is 24.3. The van der Waals surface area contributed by atoms with Gasteiger partial charge in [0.15, 0.2) is 5.16 Å². The van der Waals surface area contributed by atoms with Gasteiger partial charge in [-0.15, -0.1) is 11.3 Å². The molecule has 5 nitrogen and oxygen atoms in total. The number of anilines is 1. The van der Waals surface area contributed by atoms with Crippen LogP contribution in [-0.4, -0.2) is 21.2 Å². The van der Waals surface area contributed by atoms with Crippen molar-refractivity contribution in [3.63, 3.8) is 0 Å². The zero-order valence-electron chi connectivity index (χ0n) is 19.6. The number of halogens is 1. The fourth-order valence-corrected chi connectivity index (χ4v) is 6.11. The van der Waals surface area contributed by atoms with Crippen LogP contribution in [0, 0.1) is 13.8 Å². The molecule has 180 valence electrons. The lowest BCUT2D eigenvalue weighted by Gasteiger charge is -2.13. The first-order valence-electron chi connectivity index (χ1n) is 11.3. The molecule has 0 unspecified atom stereocenters. The molecule has 0 aliphatic carbocycles. The third-order valence-corrected chi connectivity index (χ3v) is 7.93. The molecular formula is C28H22ClN3O2S2. The molecule has 8 heteroatoms. The van der Waals surface area contributed by atoms with Gasteiger partial charge in [0.25, 0.3) is 5.56 Å². The Morgan fingerprint density at radius 2 is 1.72 bits per heavy atom. The van der Waals surface area contributed by atoms with Gasteiger partial charge in [0.2, 0.25) is 5.91 Å². The van der Waals surface area contributed by atoms with Crippen LogP contribution in [0.3, 0.4) is 0 Å². The molecular weight excluding hydrogens is 510 g/mol. The van der Waals surface area contributed by atoms with Gasteiger partial charge in [-0.1, -0.05) is 78.0 Å². The van der Waals surface area contributed by atoms with Crippen LogP contribution in [0.25, 0.3) is 27.0 Å². The zero-order chi connectivity index (χ0) is 25.2. The van der Waals surface area contributed by atoms with Gasteiger partial charge < -0.3 is 5.32 Å². The highest BCUT2D eigenvalue weighted by molar-refractivity contribution is 7.99. The predicted molar refractivity (Wildman–Crippen MR) is 151 cm³/mol. The topological polar surface area (TPSA) is 64.0 Å². The summed E-state index contributed by atoms with van der Waals surface area (Å²) < 4.78 is 1.60. The van der Waals surface area contributed by atoms with Crippen molar-refractivity contribution >= 4 is 56.5 Å². The number of carbonyl (C=O) groups excluding carboxylic acids is 1. The third kappa shape index (κ3) is 4.82. The lowest BCUT2D eigenvalue weighted by molar-refractivity contribution is -0.113. The van der Waals surface area contributed by atoms with Gasteiger partial charge in [-0.25, -0.2) is 4.98 Å². The molecule has 2 aromatic heterocycles. The van der Waals surface area contributed by atoms with Crippen molar-refractivity contribution in [3.05, 3.63) is 105 Å². The molecule has 0 saturated carbocycles. The molecule has 0 bridgehead atoms. The van der Waals surface area contributed by atoms with Crippen molar-refractivity contribution in [1.29, 1.82) is 0 Å². The second-order valence-corrected chi connectivity index (χ2v) is 10.8. The number of thiophene rings is 1. The van der Waals surface area contributed by atoms with E-state index in [1.54, 1.807) is 16.7 Å². The van der Waals surface area contributed by atoms with E-state index in [1.807, 2.05) is 80.6 Å². The van der Waals surface area contributed by atoms with E-state index >= 15 is 0 Å². The monoisotopic (exact) mass is 531 g/mol. The van der Waals surface area contributed by atoms with Crippen LogP contribution in [0.15, 0.2) is 88.8 Å². The second kappa shape index (κ2) is 10.3. The van der Waals surface area contributed by atoms with E-state index in [1.165, 1.54) is 23.1 Å². The number of para-hydroxylation sites is 1. The molecule has 5 aromatic rings. The number of hydrogen-bond acceptors (Lipinski definition) is 5. The summed E-state index contributed by atoms with van der Waals surface area (Å²) in [6.07, 6.45) is 0. The highest BCUT2D eigenvalue weighted by Gasteiger charge is 2.21. The van der Waals surface area contributed by atoms with Crippen molar-refractivity contribution in [2.75, 3.05) is 11.1 Å². The number of aromatic nitrogens is 2. The highest BCUT2D eigenvalue weighted by atomic mass is 35.5. The largest absolute Gasteiger partial charge is 0.325 e. The van der Waals surface area contributed by atoms with Crippen LogP contribution in [0.4, 0.5) is 5.69 Å². The van der Waals surface area contributed by atoms with E-state index in [4.69, 9.17) is 16.6 Å². The number of carbonyl (C=O) groups is 1. The summed E-state index contributed by atoms with van der Waals surface area (Å²) in [5.74, 6) is -0.112. The van der Waals surface area contributed by atoms with Gasteiger partial charge in [-0.2, -0.15) is 0 Å². The quantitative estimate of drug-likeness (QED) is 0.187. The maximum atomic E-state index is 14.0. The van der Waals surface area contributed by atoms with Crippen LogP contribution >= 0.6 is 34.7 Å². The number of nitrogens with one attached hydrogen (secondary N) is 1. The minimum Gasteiger partial charge on any atom is -0.325 e. The van der Waals surface area contributed by atoms with E-state index in [2.05, 4.69) is 5.32 Å². The molecule has 1 amide bonds. The van der Waals surface area contributed by atoms with E-state index in [0.29, 0.717) is 31.8 Å². The summed E-state index contributed by atoms with van der Waals surface area (Å²) in [4.78, 5) is 33.3. The minimum atomic E-state index is -0.202. The number of nitrogens with zero attached hydrogens (tertiary/aromatic N) is 2. The van der Waals surface area contributed by atoms with Crippen molar-refractivity contribution in [1.82, 2.24) is 9.55 Å². The number of fused-ring (bicyclic) bond motifs is 1. The van der Waals surface area contributed by atoms with Gasteiger partial charge in [0.1, 0.15) is 4.83 Å². The summed E-state index contributed by atoms with van der Waals surface area (Å²) in [5.41, 5.74) is 4.02. The minimum absolute atomic E-state index is 0.0899. The zero-order valence-corrected chi connectivity index (χ0v) is 22.0. The third-order valence-electron chi connectivity index (χ3n) is 5.75. The Bertz CT molecular complexity index is 1630. The molecule has 0 atom stereocenters. The van der Waals surface area contributed by atoms with E-state index in [-0.39, 0.29) is 17.2 Å². The fraction of sp³-hybridized carbons (Fsp3) is 0.107. The lowest BCUT2D eigenvalue weighted by Crippen LogP contribution is -2.22. The standard InChI is InChI=1S/C28H22ClN3O2S2/c1-17-13-14-20(29)15-22(17)30-23(33)16-35-28-31-26-25(27(34)32(28)21-11-7-4-8-12-21)24(18(2)36-26)19-9-5-3-6-10-19/h3-15H,16H2,1-2H3,(H,30,33). The summed E-state index contributed by atoms with van der Waals surface area (Å²) in [5, 5.41) is 4.53. The molecule has 2 heterocycles. The summed E-state index contributed by atoms with van der Waals surface area (Å²) in [6, 6.07) is 24.7. The number of thioether (sulfide) groups is 1. The van der Waals surface area contributed by atoms with Crippen LogP contribution < -0.4 is 10.9 Å². The predicted octanol–water partition coefficient (Wildman–Crippen LogP) is 7.12. The first-order valence-corrected chi connectivity index (χ1v) is 13.5. The van der Waals surface area contributed by atoms with Crippen LogP contribution in [0.5, 0.6) is 0 Å². The fourth-order valence-electron chi connectivity index (χ4n) is 4.04. The van der Waals surface area contributed by atoms with Crippen LogP contribution in [0.2, 0.25) is 5.02 Å². The van der Waals surface area contributed by atoms with Gasteiger partial charge >= 0.3 is 0 Å². The lowest BCUT2D eigenvalue weighted by atomic mass is 10.0. The van der Waals surface area contributed by atoms with Gasteiger partial charge in [-0.3, -0.25) is 14.2 Å². The Morgan fingerprint density at radius 1 is 1.03 bits per heavy atom. The Kier molecular flexibility index (Phi) is 6.96. The van der Waals surface area contributed by atoms with Gasteiger partial charge in [-0.05, 0) is 49.2 Å². The Labute approximate surface area is 221 Å². The molecule has 0 aliphatic heterocycles. The van der Waals surface area contributed by atoms with Crippen molar-refractivity contribution in [2.45, 2.75) is 19.0 Å². The number of hydrogen-bond donors (Lipinski definition) is 1. The molecule has 0 spiro atoms. The average Bonchev–Trinajstić information content (AvgIpc) is 3.22. The molecule has 3 aromatic carbocycles. The molecule has 0 aliphatic rings. The van der Waals surface area contributed by atoms with E-state index < -0.39 is 0 Å². The molecule has 0 saturated heterocycles. The van der Waals surface area contributed by atoms with Crippen molar-refractivity contribution < 1.29 is 4.79 Å². The smallest absolute Gasteiger partial charge is 0.268 e. The summed E-state index contributed by atoms with van der Waals surface area (Å²) in [6.45, 7) is 3.92. The maximum absolute atomic E-state index is 14.0. The second-order valence-electron chi connectivity index (χ2n) is 8.25. The number of amides is 1. The number of benzene rings is 3. The number of rotatable bonds is 6. The Hall–Kier alpha value is -3.39. The molecule has 0 fully saturated rings. The first-order chi connectivity index (χ1) is 17.4. The molecule has 0 radical (unpaired) electrons. The molecule has 36 heavy (non-hydrogen) atoms. The maximum Gasteiger partial charge on any atom is 0.268 e. The van der Waals surface area contributed by atoms with E-state index in [9.17, 15) is 9.59 Å². The molecule has 5 rings (SSSR count). The Morgan fingerprint density at radius 3 is 2.44 bits per heavy atom. The van der Waals surface area contributed by atoms with Gasteiger partial charge in [0, 0.05) is 21.2 Å². The Balaban J connectivity index is 1.56. The summed E-state index contributed by atoms with van der Waals surface area (Å²) in [7, 11) is 0. The van der Waals surface area contributed by atoms with E-state index in [0.717, 1.165) is 21.6 Å². The van der Waals surface area contributed by atoms with Gasteiger partial charge in [0.05, 0.1) is 16.8 Å². The normalized spacial score (nSPS) is 11.1. The molecule has 1 N–H and O–H groups in total. The summed E-state index contributed by atoms with van der Waals surface area (Å²) >= 11 is 8.82. The van der Waals surface area contributed by atoms with Crippen LogP contribution in [0.1, 0.15) is 10.4 Å². The average molecular weight is 532 g/mol. The highest BCUT2D eigenvalue weighted by Crippen LogP contribution is 2.37.